The minimum Gasteiger partial charge on any atom is -0.396 e. The Balaban J connectivity index is 1.99. The third kappa shape index (κ3) is 2.64. The molecule has 0 aliphatic carbocycles. The molecular formula is C9H17NO5S2. The van der Waals surface area contributed by atoms with Gasteiger partial charge in [-0.1, -0.05) is 0 Å². The van der Waals surface area contributed by atoms with E-state index in [1.165, 1.54) is 4.31 Å². The summed E-state index contributed by atoms with van der Waals surface area (Å²) >= 11 is 0. The highest BCUT2D eigenvalue weighted by molar-refractivity contribution is 7.92. The Bertz CT molecular complexity index is 464. The molecule has 8 heteroatoms. The fraction of sp³-hybridized carbons (Fsp3) is 1.00. The Morgan fingerprint density at radius 1 is 1.18 bits per heavy atom. The van der Waals surface area contributed by atoms with E-state index in [1.807, 2.05) is 0 Å². The Kier molecular flexibility index (Phi) is 3.50. The summed E-state index contributed by atoms with van der Waals surface area (Å²) in [5, 5.41) is 8.28. The first-order valence-electron chi connectivity index (χ1n) is 5.65. The highest BCUT2D eigenvalue weighted by atomic mass is 32.2. The van der Waals surface area contributed by atoms with Gasteiger partial charge in [0, 0.05) is 25.6 Å². The summed E-state index contributed by atoms with van der Waals surface area (Å²) in [6, 6.07) is 0. The van der Waals surface area contributed by atoms with Gasteiger partial charge in [0.15, 0.2) is 0 Å². The van der Waals surface area contributed by atoms with E-state index in [9.17, 15) is 16.8 Å². The molecule has 2 fully saturated rings. The second-order valence-electron chi connectivity index (χ2n) is 4.76. The summed E-state index contributed by atoms with van der Waals surface area (Å²) in [5.74, 6) is -0.0282. The quantitative estimate of drug-likeness (QED) is 0.704. The van der Waals surface area contributed by atoms with Crippen LogP contribution in [0.3, 0.4) is 0 Å². The molecule has 0 aromatic rings. The molecule has 0 spiro atoms. The van der Waals surface area contributed by atoms with Crippen molar-refractivity contribution in [2.75, 3.05) is 31.2 Å². The molecule has 2 rings (SSSR count). The Morgan fingerprint density at radius 2 is 1.71 bits per heavy atom. The maximum atomic E-state index is 12.1. The molecule has 0 unspecified atom stereocenters. The van der Waals surface area contributed by atoms with E-state index in [0.29, 0.717) is 13.1 Å². The fourth-order valence-electron chi connectivity index (χ4n) is 2.22. The lowest BCUT2D eigenvalue weighted by molar-refractivity contribution is 0.116. The predicted octanol–water partition coefficient (Wildman–Crippen LogP) is -1.18. The molecule has 1 N–H and O–H groups in total. The molecular weight excluding hydrogens is 266 g/mol. The lowest BCUT2D eigenvalue weighted by Gasteiger charge is -2.39. The van der Waals surface area contributed by atoms with Crippen LogP contribution < -0.4 is 0 Å². The van der Waals surface area contributed by atoms with Gasteiger partial charge < -0.3 is 5.11 Å². The van der Waals surface area contributed by atoms with Crippen molar-refractivity contribution >= 4 is 19.9 Å². The molecule has 6 nitrogen and oxygen atoms in total. The number of nitrogens with zero attached hydrogens (tertiary/aromatic N) is 1. The van der Waals surface area contributed by atoms with E-state index in [-0.39, 0.29) is 36.9 Å². The maximum absolute atomic E-state index is 12.1. The number of hydrogen-bond acceptors (Lipinski definition) is 5. The average molecular weight is 283 g/mol. The average Bonchev–Trinajstić information content (AvgIpc) is 2.14. The molecule has 0 atom stereocenters. The zero-order valence-corrected chi connectivity index (χ0v) is 11.1. The van der Waals surface area contributed by atoms with Crippen LogP contribution >= 0.6 is 0 Å². The van der Waals surface area contributed by atoms with E-state index in [0.717, 1.165) is 0 Å². The van der Waals surface area contributed by atoms with Gasteiger partial charge in [-0.25, -0.2) is 21.1 Å². The molecule has 0 aromatic carbocycles. The van der Waals surface area contributed by atoms with Crippen molar-refractivity contribution in [3.63, 3.8) is 0 Å². The first-order valence-corrected chi connectivity index (χ1v) is 8.98. The summed E-state index contributed by atoms with van der Waals surface area (Å²) < 4.78 is 48.0. The third-order valence-electron chi connectivity index (χ3n) is 3.46. The topological polar surface area (TPSA) is 91.8 Å². The number of rotatable bonds is 3. The third-order valence-corrected chi connectivity index (χ3v) is 7.51. The predicted molar refractivity (Wildman–Crippen MR) is 62.7 cm³/mol. The monoisotopic (exact) mass is 283 g/mol. The fourth-order valence-corrected chi connectivity index (χ4v) is 6.10. The van der Waals surface area contributed by atoms with Crippen molar-refractivity contribution in [1.82, 2.24) is 4.31 Å². The minimum atomic E-state index is -3.36. The van der Waals surface area contributed by atoms with Crippen LogP contribution in [0.2, 0.25) is 0 Å². The molecule has 2 saturated heterocycles. The van der Waals surface area contributed by atoms with Crippen LogP contribution in [0.15, 0.2) is 0 Å². The molecule has 0 bridgehead atoms. The van der Waals surface area contributed by atoms with Crippen molar-refractivity contribution in [3.8, 4) is 0 Å². The molecule has 0 amide bonds. The van der Waals surface area contributed by atoms with Gasteiger partial charge in [0.2, 0.25) is 10.0 Å². The van der Waals surface area contributed by atoms with Crippen LogP contribution in [0.1, 0.15) is 12.8 Å². The molecule has 2 aliphatic heterocycles. The summed E-state index contributed by atoms with van der Waals surface area (Å²) in [4.78, 5) is 0. The van der Waals surface area contributed by atoms with Gasteiger partial charge in [0.1, 0.15) is 9.84 Å². The zero-order chi connectivity index (χ0) is 12.7. The molecule has 2 heterocycles. The Hall–Kier alpha value is -0.180. The molecule has 2 aliphatic rings. The lowest BCUT2D eigenvalue weighted by Crippen LogP contribution is -2.54. The van der Waals surface area contributed by atoms with E-state index in [2.05, 4.69) is 0 Å². The van der Waals surface area contributed by atoms with Gasteiger partial charge in [0.05, 0.1) is 16.8 Å². The van der Waals surface area contributed by atoms with Crippen molar-refractivity contribution in [2.45, 2.75) is 18.1 Å². The molecule has 17 heavy (non-hydrogen) atoms. The van der Waals surface area contributed by atoms with Gasteiger partial charge >= 0.3 is 0 Å². The standard InChI is InChI=1S/C9H17NO5S2/c11-7-8-5-10(6-8)17(14,15)9-1-3-16(12,13)4-2-9/h8-9,11H,1-7H2. The number of aliphatic hydroxyl groups excluding tert-OH is 1. The zero-order valence-electron chi connectivity index (χ0n) is 9.45. The van der Waals surface area contributed by atoms with Crippen molar-refractivity contribution in [3.05, 3.63) is 0 Å². The highest BCUT2D eigenvalue weighted by Crippen LogP contribution is 2.27. The van der Waals surface area contributed by atoms with Crippen LogP contribution in [0, 0.1) is 5.92 Å². The van der Waals surface area contributed by atoms with Gasteiger partial charge in [0.25, 0.3) is 0 Å². The van der Waals surface area contributed by atoms with Gasteiger partial charge in [-0.3, -0.25) is 0 Å². The number of aliphatic hydroxyl groups is 1. The summed E-state index contributed by atoms with van der Waals surface area (Å²) in [6.07, 6.45) is 0.399. The van der Waals surface area contributed by atoms with Crippen molar-refractivity contribution in [1.29, 1.82) is 0 Å². The molecule has 100 valence electrons. The SMILES string of the molecule is O=S1(=O)CCC(S(=O)(=O)N2CC(CO)C2)CC1. The lowest BCUT2D eigenvalue weighted by atomic mass is 10.1. The van der Waals surface area contributed by atoms with Gasteiger partial charge in [-0.2, -0.15) is 0 Å². The smallest absolute Gasteiger partial charge is 0.217 e. The van der Waals surface area contributed by atoms with E-state index in [1.54, 1.807) is 0 Å². The first kappa shape index (κ1) is 13.3. The second-order valence-corrected chi connectivity index (χ2v) is 9.28. The second kappa shape index (κ2) is 4.49. The summed E-state index contributed by atoms with van der Waals surface area (Å²) in [7, 11) is -6.39. The van der Waals surface area contributed by atoms with E-state index >= 15 is 0 Å². The van der Waals surface area contributed by atoms with Crippen LogP contribution in [0.4, 0.5) is 0 Å². The molecule has 0 saturated carbocycles. The highest BCUT2D eigenvalue weighted by Gasteiger charge is 2.41. The van der Waals surface area contributed by atoms with E-state index < -0.39 is 25.1 Å². The first-order chi connectivity index (χ1) is 7.85. The summed E-state index contributed by atoms with van der Waals surface area (Å²) in [5.41, 5.74) is 0. The molecule has 0 radical (unpaired) electrons. The molecule has 0 aromatic heterocycles. The van der Waals surface area contributed by atoms with E-state index in [4.69, 9.17) is 5.11 Å². The van der Waals surface area contributed by atoms with Gasteiger partial charge in [-0.05, 0) is 12.8 Å². The number of hydrogen-bond donors (Lipinski definition) is 1. The Labute approximate surface area is 102 Å². The van der Waals surface area contributed by atoms with Crippen LogP contribution in [0.25, 0.3) is 0 Å². The minimum absolute atomic E-state index is 0.00503. The Morgan fingerprint density at radius 3 is 2.18 bits per heavy atom. The summed E-state index contributed by atoms with van der Waals surface area (Å²) in [6.45, 7) is 0.731. The van der Waals surface area contributed by atoms with Crippen LogP contribution in [-0.4, -0.2) is 62.7 Å². The van der Waals surface area contributed by atoms with Crippen molar-refractivity contribution < 1.29 is 21.9 Å². The largest absolute Gasteiger partial charge is 0.396 e. The number of sulfone groups is 1. The van der Waals surface area contributed by atoms with Crippen LogP contribution in [0.5, 0.6) is 0 Å². The van der Waals surface area contributed by atoms with Gasteiger partial charge in [-0.15, -0.1) is 0 Å². The van der Waals surface area contributed by atoms with Crippen LogP contribution in [-0.2, 0) is 19.9 Å². The number of sulfonamides is 1. The normalized spacial score (nSPS) is 27.8. The van der Waals surface area contributed by atoms with Crippen molar-refractivity contribution in [2.24, 2.45) is 5.92 Å². The maximum Gasteiger partial charge on any atom is 0.217 e.